The Labute approximate surface area is 59.0 Å². The number of fused-ring (bicyclic) bond motifs is 1. The first-order valence-corrected chi connectivity index (χ1v) is 3.54. The van der Waals surface area contributed by atoms with Gasteiger partial charge in [0.1, 0.15) is 0 Å². The summed E-state index contributed by atoms with van der Waals surface area (Å²) >= 11 is 0. The molecule has 3 rings (SSSR count). The van der Waals surface area contributed by atoms with E-state index in [1.165, 1.54) is 0 Å². The van der Waals surface area contributed by atoms with Crippen molar-refractivity contribution in [1.82, 2.24) is 0 Å². The quantitative estimate of drug-likeness (QED) is 0.584. The molecule has 3 heteroatoms. The van der Waals surface area contributed by atoms with E-state index in [1.54, 1.807) is 0 Å². The molecule has 1 atom stereocenters. The number of ether oxygens (including phenoxy) is 1. The van der Waals surface area contributed by atoms with Crippen molar-refractivity contribution in [3.05, 3.63) is 0 Å². The fourth-order valence-corrected chi connectivity index (χ4v) is 1.95. The molecule has 3 fully saturated rings. The average molecular weight is 142 g/mol. The number of carbonyl (C=O) groups is 1. The molecule has 0 amide bonds. The lowest BCUT2D eigenvalue weighted by Gasteiger charge is -2.32. The number of hydrogen-bond donors (Lipinski definition) is 1. The van der Waals surface area contributed by atoms with Gasteiger partial charge in [-0.1, -0.05) is 0 Å². The molecule has 3 aliphatic rings. The monoisotopic (exact) mass is 142 g/mol. The molecule has 2 heterocycles. The minimum absolute atomic E-state index is 0.0741. The predicted octanol–water partition coefficient (Wildman–Crippen LogP) is 0.639. The van der Waals surface area contributed by atoms with E-state index < -0.39 is 11.4 Å². The van der Waals surface area contributed by atoms with Gasteiger partial charge in [0.05, 0.1) is 17.6 Å². The van der Waals surface area contributed by atoms with E-state index in [0.717, 1.165) is 12.8 Å². The Balaban J connectivity index is 2.25. The second-order valence-corrected chi connectivity index (χ2v) is 3.27. The maximum absolute atomic E-state index is 10.7. The van der Waals surface area contributed by atoms with Crippen LogP contribution >= 0.6 is 0 Å². The summed E-state index contributed by atoms with van der Waals surface area (Å²) in [4.78, 5) is 10.7. The minimum Gasteiger partial charge on any atom is -0.481 e. The van der Waals surface area contributed by atoms with Crippen LogP contribution in [0, 0.1) is 5.41 Å². The van der Waals surface area contributed by atoms with Crippen molar-refractivity contribution in [3.8, 4) is 0 Å². The topological polar surface area (TPSA) is 46.5 Å². The number of rotatable bonds is 1. The Hall–Kier alpha value is -0.570. The van der Waals surface area contributed by atoms with Gasteiger partial charge in [0, 0.05) is 0 Å². The van der Waals surface area contributed by atoms with Crippen LogP contribution in [0.3, 0.4) is 0 Å². The van der Waals surface area contributed by atoms with Gasteiger partial charge in [-0.05, 0) is 19.8 Å². The molecule has 0 aromatic heterocycles. The molecule has 0 aromatic carbocycles. The van der Waals surface area contributed by atoms with Crippen molar-refractivity contribution in [2.45, 2.75) is 32.0 Å². The van der Waals surface area contributed by atoms with E-state index >= 15 is 0 Å². The van der Waals surface area contributed by atoms with Gasteiger partial charge in [-0.3, -0.25) is 4.79 Å². The van der Waals surface area contributed by atoms with Crippen LogP contribution in [0.4, 0.5) is 0 Å². The van der Waals surface area contributed by atoms with E-state index in [4.69, 9.17) is 9.84 Å². The first kappa shape index (κ1) is 6.16. The summed E-state index contributed by atoms with van der Waals surface area (Å²) in [6.07, 6.45) is 1.62. The summed E-state index contributed by atoms with van der Waals surface area (Å²) in [5.74, 6) is -0.686. The van der Waals surface area contributed by atoms with Gasteiger partial charge in [0.2, 0.25) is 0 Å². The maximum Gasteiger partial charge on any atom is 0.312 e. The summed E-state index contributed by atoms with van der Waals surface area (Å²) in [5, 5.41) is 8.80. The molecule has 1 unspecified atom stereocenters. The first-order valence-electron chi connectivity index (χ1n) is 3.54. The van der Waals surface area contributed by atoms with Crippen molar-refractivity contribution in [2.24, 2.45) is 5.41 Å². The van der Waals surface area contributed by atoms with E-state index in [2.05, 4.69) is 0 Å². The molecule has 3 nitrogen and oxygen atoms in total. The lowest BCUT2D eigenvalue weighted by Crippen LogP contribution is -2.43. The zero-order chi connectivity index (χ0) is 7.35. The van der Waals surface area contributed by atoms with Crippen LogP contribution in [-0.4, -0.2) is 23.3 Å². The third kappa shape index (κ3) is 0.475. The van der Waals surface area contributed by atoms with Crippen molar-refractivity contribution in [2.75, 3.05) is 0 Å². The highest BCUT2D eigenvalue weighted by molar-refractivity contribution is 5.77. The fraction of sp³-hybridized carbons (Fsp3) is 0.857. The van der Waals surface area contributed by atoms with E-state index in [-0.39, 0.29) is 12.2 Å². The highest BCUT2D eigenvalue weighted by Crippen LogP contribution is 2.54. The van der Waals surface area contributed by atoms with Crippen LogP contribution in [0.1, 0.15) is 19.8 Å². The normalized spacial score (nSPS) is 50.5. The molecule has 10 heavy (non-hydrogen) atoms. The molecule has 1 aliphatic carbocycles. The molecule has 0 spiro atoms. The summed E-state index contributed by atoms with van der Waals surface area (Å²) < 4.78 is 5.32. The van der Waals surface area contributed by atoms with Crippen LogP contribution in [-0.2, 0) is 9.53 Å². The second kappa shape index (κ2) is 1.53. The Morgan fingerprint density at radius 2 is 2.30 bits per heavy atom. The van der Waals surface area contributed by atoms with Gasteiger partial charge in [0.25, 0.3) is 0 Å². The molecule has 1 N–H and O–H groups in total. The lowest BCUT2D eigenvalue weighted by atomic mass is 9.67. The summed E-state index contributed by atoms with van der Waals surface area (Å²) in [5.41, 5.74) is -0.509. The van der Waals surface area contributed by atoms with Gasteiger partial charge in [-0.2, -0.15) is 0 Å². The smallest absolute Gasteiger partial charge is 0.312 e. The zero-order valence-corrected chi connectivity index (χ0v) is 5.83. The number of carboxylic acid groups (broad SMARTS) is 1. The molecule has 2 bridgehead atoms. The highest BCUT2D eigenvalue weighted by atomic mass is 16.5. The highest BCUT2D eigenvalue weighted by Gasteiger charge is 2.62. The predicted molar refractivity (Wildman–Crippen MR) is 33.6 cm³/mol. The number of hydrogen-bond acceptors (Lipinski definition) is 2. The number of carboxylic acids is 1. The van der Waals surface area contributed by atoms with Gasteiger partial charge < -0.3 is 9.84 Å². The van der Waals surface area contributed by atoms with Gasteiger partial charge in [0.15, 0.2) is 0 Å². The first-order chi connectivity index (χ1) is 4.65. The molecule has 56 valence electrons. The Morgan fingerprint density at radius 1 is 1.70 bits per heavy atom. The van der Waals surface area contributed by atoms with Crippen LogP contribution in [0.15, 0.2) is 0 Å². The van der Waals surface area contributed by atoms with E-state index in [1.807, 2.05) is 6.92 Å². The van der Waals surface area contributed by atoms with Crippen LogP contribution in [0.5, 0.6) is 0 Å². The van der Waals surface area contributed by atoms with Gasteiger partial charge in [-0.15, -0.1) is 0 Å². The molecular formula is C7H10O3. The van der Waals surface area contributed by atoms with Crippen molar-refractivity contribution in [3.63, 3.8) is 0 Å². The minimum atomic E-state index is -0.686. The van der Waals surface area contributed by atoms with Crippen molar-refractivity contribution < 1.29 is 14.6 Å². The van der Waals surface area contributed by atoms with Gasteiger partial charge in [-0.25, -0.2) is 0 Å². The van der Waals surface area contributed by atoms with Crippen LogP contribution < -0.4 is 0 Å². The van der Waals surface area contributed by atoms with Crippen LogP contribution in [0.2, 0.25) is 0 Å². The Morgan fingerprint density at radius 3 is 2.50 bits per heavy atom. The van der Waals surface area contributed by atoms with E-state index in [0.29, 0.717) is 0 Å². The maximum atomic E-state index is 10.7. The molecule has 2 aliphatic heterocycles. The van der Waals surface area contributed by atoms with E-state index in [9.17, 15) is 4.79 Å². The second-order valence-electron chi connectivity index (χ2n) is 3.27. The van der Waals surface area contributed by atoms with Gasteiger partial charge >= 0.3 is 5.97 Å². The third-order valence-corrected chi connectivity index (χ3v) is 2.78. The van der Waals surface area contributed by atoms with Crippen molar-refractivity contribution >= 4 is 5.97 Å². The summed E-state index contributed by atoms with van der Waals surface area (Å²) in [6, 6.07) is 0. The molecule has 0 aromatic rings. The Kier molecular flexibility index (Phi) is 0.944. The van der Waals surface area contributed by atoms with Crippen molar-refractivity contribution in [1.29, 1.82) is 0 Å². The summed E-state index contributed by atoms with van der Waals surface area (Å²) in [6.45, 7) is 1.85. The molecular weight excluding hydrogens is 132 g/mol. The molecule has 2 saturated heterocycles. The van der Waals surface area contributed by atoms with Crippen LogP contribution in [0.25, 0.3) is 0 Å². The standard InChI is InChI=1S/C7H10O3/c1-4-7(6(8)9)2-5(3-7)10-4/h4-5H,2-3H2,1H3,(H,8,9). The lowest BCUT2D eigenvalue weighted by molar-refractivity contribution is -0.152. The molecule has 1 saturated carbocycles. The SMILES string of the molecule is CC1OC2CC1(C(=O)O)C2. The fourth-order valence-electron chi connectivity index (χ4n) is 1.95. The average Bonchev–Trinajstić information content (AvgIpc) is 2.15. The third-order valence-electron chi connectivity index (χ3n) is 2.78. The largest absolute Gasteiger partial charge is 0.481 e. The Bertz CT molecular complexity index is 181. The summed E-state index contributed by atoms with van der Waals surface area (Å²) in [7, 11) is 0. The zero-order valence-electron chi connectivity index (χ0n) is 5.83. The number of aliphatic carboxylic acids is 1. The molecule has 0 radical (unpaired) electrons.